The number of amides is 1. The summed E-state index contributed by atoms with van der Waals surface area (Å²) in [4.78, 5) is 15.3. The fraction of sp³-hybridized carbons (Fsp3) is 0.609. The van der Waals surface area contributed by atoms with Crippen molar-refractivity contribution in [2.45, 2.75) is 64.6 Å². The van der Waals surface area contributed by atoms with Gasteiger partial charge in [-0.3, -0.25) is 4.79 Å². The quantitative estimate of drug-likeness (QED) is 0.477. The van der Waals surface area contributed by atoms with E-state index in [0.29, 0.717) is 28.9 Å². The summed E-state index contributed by atoms with van der Waals surface area (Å²) >= 11 is 0. The minimum Gasteiger partial charge on any atom is -0.493 e. The van der Waals surface area contributed by atoms with Gasteiger partial charge in [0.05, 0.1) is 22.3 Å². The van der Waals surface area contributed by atoms with Crippen LogP contribution in [0.15, 0.2) is 17.8 Å². The van der Waals surface area contributed by atoms with Crippen LogP contribution in [0.4, 0.5) is 0 Å². The van der Waals surface area contributed by atoms with E-state index in [2.05, 4.69) is 47.2 Å². The van der Waals surface area contributed by atoms with Gasteiger partial charge in [0.25, 0.3) is 5.91 Å². The van der Waals surface area contributed by atoms with E-state index in [1.807, 2.05) is 24.1 Å². The third-order valence-electron chi connectivity index (χ3n) is 6.59. The third kappa shape index (κ3) is 3.86. The van der Waals surface area contributed by atoms with E-state index in [-0.39, 0.29) is 5.91 Å². The lowest BCUT2D eigenvalue weighted by Crippen LogP contribution is -2.43. The molecule has 0 bridgehead atoms. The first kappa shape index (κ1) is 22.5. The smallest absolute Gasteiger partial charge is 0.253 e. The topological polar surface area (TPSA) is 38.8 Å². The number of nitrogens with zero attached hydrogens (tertiary/aromatic N) is 1. The molecule has 0 aliphatic carbocycles. The summed E-state index contributed by atoms with van der Waals surface area (Å²) in [6.07, 6.45) is 0.814. The van der Waals surface area contributed by atoms with Crippen LogP contribution in [0.2, 0.25) is 16.6 Å². The van der Waals surface area contributed by atoms with Gasteiger partial charge in [-0.05, 0) is 46.3 Å². The first-order chi connectivity index (χ1) is 13.1. The van der Waals surface area contributed by atoms with Gasteiger partial charge in [0.2, 0.25) is 0 Å². The van der Waals surface area contributed by atoms with Gasteiger partial charge in [0.1, 0.15) is 0 Å². The normalized spacial score (nSPS) is 16.8. The lowest BCUT2D eigenvalue weighted by Gasteiger charge is -2.41. The molecule has 2 rings (SSSR count). The van der Waals surface area contributed by atoms with Gasteiger partial charge < -0.3 is 14.4 Å². The van der Waals surface area contributed by atoms with Crippen molar-refractivity contribution in [1.82, 2.24) is 4.90 Å². The SMILES string of the molecule is COc1cc2c(cc1OC)/C(=C/[Si](C(C)C)(C(C)C)C(C)C)C(=O)N(C)CC2. The van der Waals surface area contributed by atoms with Crippen molar-refractivity contribution in [3.05, 3.63) is 29.0 Å². The molecule has 1 heterocycles. The summed E-state index contributed by atoms with van der Waals surface area (Å²) in [5, 5.41) is 0. The summed E-state index contributed by atoms with van der Waals surface area (Å²) in [5.74, 6) is 1.51. The summed E-state index contributed by atoms with van der Waals surface area (Å²) in [7, 11) is 3.30. The van der Waals surface area contributed by atoms with Crippen molar-refractivity contribution in [3.8, 4) is 11.5 Å². The van der Waals surface area contributed by atoms with Gasteiger partial charge >= 0.3 is 0 Å². The van der Waals surface area contributed by atoms with Crippen molar-refractivity contribution in [2.75, 3.05) is 27.8 Å². The van der Waals surface area contributed by atoms with Crippen LogP contribution in [0.1, 0.15) is 52.7 Å². The number of carbonyl (C=O) groups is 1. The highest BCUT2D eigenvalue weighted by molar-refractivity contribution is 6.89. The zero-order valence-electron chi connectivity index (χ0n) is 19.1. The van der Waals surface area contributed by atoms with Crippen LogP contribution in [0.3, 0.4) is 0 Å². The van der Waals surface area contributed by atoms with Gasteiger partial charge in [-0.1, -0.05) is 47.2 Å². The zero-order chi connectivity index (χ0) is 21.2. The molecule has 5 heteroatoms. The Morgan fingerprint density at radius 2 is 1.46 bits per heavy atom. The number of benzene rings is 1. The highest BCUT2D eigenvalue weighted by Gasteiger charge is 2.42. The molecule has 1 aromatic rings. The average molecular weight is 404 g/mol. The Morgan fingerprint density at radius 1 is 0.964 bits per heavy atom. The number of likely N-dealkylation sites (N-methyl/N-ethyl adjacent to an activating group) is 1. The van der Waals surface area contributed by atoms with E-state index < -0.39 is 8.07 Å². The van der Waals surface area contributed by atoms with Crippen LogP contribution < -0.4 is 9.47 Å². The van der Waals surface area contributed by atoms with E-state index in [1.165, 1.54) is 0 Å². The van der Waals surface area contributed by atoms with Crippen LogP contribution in [0.5, 0.6) is 11.5 Å². The molecule has 0 N–H and O–H groups in total. The first-order valence-corrected chi connectivity index (χ1v) is 12.6. The van der Waals surface area contributed by atoms with Crippen LogP contribution in [0, 0.1) is 0 Å². The minimum atomic E-state index is -1.91. The number of hydrogen-bond donors (Lipinski definition) is 0. The molecule has 1 aliphatic heterocycles. The standard InChI is InChI=1S/C23H37NO3Si/c1-15(2)28(16(3)4,17(5)6)14-20-19-13-22(27-9)21(26-8)12-18(19)10-11-24(7)23(20)25/h12-17H,10-11H2,1-9H3/b20-14-. The summed E-state index contributed by atoms with van der Waals surface area (Å²) in [6.45, 7) is 14.6. The highest BCUT2D eigenvalue weighted by Crippen LogP contribution is 2.45. The van der Waals surface area contributed by atoms with Crippen molar-refractivity contribution in [2.24, 2.45) is 0 Å². The molecule has 28 heavy (non-hydrogen) atoms. The van der Waals surface area contributed by atoms with Crippen LogP contribution in [-0.2, 0) is 11.2 Å². The van der Waals surface area contributed by atoms with E-state index in [9.17, 15) is 4.79 Å². The molecular weight excluding hydrogens is 366 g/mol. The second kappa shape index (κ2) is 8.72. The van der Waals surface area contributed by atoms with Gasteiger partial charge in [-0.25, -0.2) is 0 Å². The molecular formula is C23H37NO3Si. The van der Waals surface area contributed by atoms with Crippen LogP contribution >= 0.6 is 0 Å². The largest absolute Gasteiger partial charge is 0.493 e. The van der Waals surface area contributed by atoms with E-state index in [4.69, 9.17) is 9.47 Å². The fourth-order valence-electron chi connectivity index (χ4n) is 4.98. The lowest BCUT2D eigenvalue weighted by molar-refractivity contribution is -0.123. The predicted octanol–water partition coefficient (Wildman–Crippen LogP) is 5.32. The molecule has 156 valence electrons. The summed E-state index contributed by atoms with van der Waals surface area (Å²) in [6, 6.07) is 4.04. The van der Waals surface area contributed by atoms with E-state index in [1.54, 1.807) is 14.2 Å². The van der Waals surface area contributed by atoms with Gasteiger partial charge in [-0.15, -0.1) is 0 Å². The molecule has 1 aliphatic rings. The van der Waals surface area contributed by atoms with Crippen molar-refractivity contribution in [3.63, 3.8) is 0 Å². The Hall–Kier alpha value is -1.75. The third-order valence-corrected chi connectivity index (χ3v) is 13.4. The molecule has 0 aromatic heterocycles. The molecule has 0 spiro atoms. The maximum Gasteiger partial charge on any atom is 0.253 e. The Labute approximate surface area is 171 Å². The number of fused-ring (bicyclic) bond motifs is 1. The van der Waals surface area contributed by atoms with Crippen molar-refractivity contribution < 1.29 is 14.3 Å². The molecule has 0 saturated carbocycles. The fourth-order valence-corrected chi connectivity index (χ4v) is 10.8. The molecule has 0 saturated heterocycles. The second-order valence-corrected chi connectivity index (χ2v) is 14.6. The van der Waals surface area contributed by atoms with Crippen molar-refractivity contribution in [1.29, 1.82) is 0 Å². The number of hydrogen-bond acceptors (Lipinski definition) is 3. The zero-order valence-corrected chi connectivity index (χ0v) is 20.1. The Morgan fingerprint density at radius 3 is 1.93 bits per heavy atom. The Kier molecular flexibility index (Phi) is 7.02. The molecule has 1 amide bonds. The summed E-state index contributed by atoms with van der Waals surface area (Å²) < 4.78 is 11.1. The molecule has 0 unspecified atom stereocenters. The van der Waals surface area contributed by atoms with Crippen molar-refractivity contribution >= 4 is 19.6 Å². The average Bonchev–Trinajstić information content (AvgIpc) is 2.75. The maximum atomic E-state index is 13.4. The lowest BCUT2D eigenvalue weighted by atomic mass is 9.98. The highest BCUT2D eigenvalue weighted by atomic mass is 28.3. The Bertz CT molecular complexity index is 731. The number of ether oxygens (including phenoxy) is 2. The van der Waals surface area contributed by atoms with Crippen LogP contribution in [-0.4, -0.2) is 46.7 Å². The second-order valence-electron chi connectivity index (χ2n) is 8.86. The molecule has 4 nitrogen and oxygen atoms in total. The van der Waals surface area contributed by atoms with E-state index >= 15 is 0 Å². The van der Waals surface area contributed by atoms with Gasteiger partial charge in [-0.2, -0.15) is 0 Å². The molecule has 1 aromatic carbocycles. The monoisotopic (exact) mass is 403 g/mol. The van der Waals surface area contributed by atoms with Gasteiger partial charge in [0.15, 0.2) is 11.5 Å². The summed E-state index contributed by atoms with van der Waals surface area (Å²) in [5.41, 5.74) is 7.05. The molecule has 0 atom stereocenters. The number of rotatable bonds is 6. The van der Waals surface area contributed by atoms with Crippen LogP contribution in [0.25, 0.3) is 5.57 Å². The Balaban J connectivity index is 2.83. The predicted molar refractivity (Wildman–Crippen MR) is 120 cm³/mol. The maximum absolute atomic E-state index is 13.4. The molecule has 0 fully saturated rings. The molecule has 0 radical (unpaired) electrons. The number of methoxy groups -OCH3 is 2. The number of carbonyl (C=O) groups excluding carboxylic acids is 1. The van der Waals surface area contributed by atoms with Gasteiger partial charge in [0, 0.05) is 19.2 Å². The minimum absolute atomic E-state index is 0.116. The van der Waals surface area contributed by atoms with E-state index in [0.717, 1.165) is 28.9 Å². The first-order valence-electron chi connectivity index (χ1n) is 10.3.